The van der Waals surface area contributed by atoms with Gasteiger partial charge >= 0.3 is 0 Å². The summed E-state index contributed by atoms with van der Waals surface area (Å²) in [6, 6.07) is 25.0. The lowest BCUT2D eigenvalue weighted by Crippen LogP contribution is -2.38. The first-order valence-corrected chi connectivity index (χ1v) is 15.1. The molecule has 0 fully saturated rings. The van der Waals surface area contributed by atoms with Crippen molar-refractivity contribution in [2.45, 2.75) is 38.0 Å². The van der Waals surface area contributed by atoms with Gasteiger partial charge in [0.25, 0.3) is 10.0 Å². The number of methoxy groups -OCH3 is 2. The first-order chi connectivity index (χ1) is 20.3. The maximum atomic E-state index is 13.8. The molecule has 0 bridgehead atoms. The van der Waals surface area contributed by atoms with E-state index in [1.165, 1.54) is 32.4 Å². The minimum Gasteiger partial charge on any atom is -0.493 e. The van der Waals surface area contributed by atoms with Gasteiger partial charge in [-0.3, -0.25) is 13.9 Å². The van der Waals surface area contributed by atoms with Crippen molar-refractivity contribution < 1.29 is 27.5 Å². The van der Waals surface area contributed by atoms with Crippen LogP contribution in [0.3, 0.4) is 0 Å². The molecule has 0 aliphatic heterocycles. The first kappa shape index (κ1) is 31.3. The van der Waals surface area contributed by atoms with E-state index in [1.807, 2.05) is 19.1 Å². The average molecular weight is 601 g/mol. The topological polar surface area (TPSA) is 102 Å². The molecule has 224 valence electrons. The second kappa shape index (κ2) is 12.7. The number of sulfonamides is 1. The van der Waals surface area contributed by atoms with Crippen LogP contribution in [-0.4, -0.2) is 40.9 Å². The van der Waals surface area contributed by atoms with Gasteiger partial charge in [0.1, 0.15) is 6.54 Å². The molecule has 0 aromatic heterocycles. The number of aryl methyl sites for hydroxylation is 1. The van der Waals surface area contributed by atoms with E-state index in [2.05, 4.69) is 26.1 Å². The molecule has 0 saturated heterocycles. The van der Waals surface area contributed by atoms with Crippen molar-refractivity contribution in [1.82, 2.24) is 0 Å². The fourth-order valence-electron chi connectivity index (χ4n) is 4.49. The SMILES string of the molecule is COc1ccc(N(CC(=O)Nc2cccc(C(=O)c3ccc(C(C)(C)C)cc3)c2)S(=O)(=O)c2ccc(C)cc2)cc1OC. The number of hydrogen-bond acceptors (Lipinski definition) is 6. The Morgan fingerprint density at radius 1 is 0.791 bits per heavy atom. The third-order valence-corrected chi connectivity index (χ3v) is 8.76. The highest BCUT2D eigenvalue weighted by atomic mass is 32.2. The molecule has 9 heteroatoms. The molecule has 8 nitrogen and oxygen atoms in total. The Morgan fingerprint density at radius 3 is 2.05 bits per heavy atom. The molecule has 0 aliphatic carbocycles. The standard InChI is InChI=1S/C34H36N2O6S/c1-23-10-17-29(18-11-23)43(39,40)36(28-16-19-30(41-5)31(21-28)42-6)22-32(37)35-27-9-7-8-25(20-27)33(38)24-12-14-26(15-13-24)34(2,3)4/h7-21H,22H2,1-6H3,(H,35,37). The van der Waals surface area contributed by atoms with Gasteiger partial charge in [-0.15, -0.1) is 0 Å². The second-order valence-corrected chi connectivity index (χ2v) is 13.0. The van der Waals surface area contributed by atoms with E-state index >= 15 is 0 Å². The van der Waals surface area contributed by atoms with Crippen molar-refractivity contribution in [3.63, 3.8) is 0 Å². The zero-order valence-corrected chi connectivity index (χ0v) is 26.0. The van der Waals surface area contributed by atoms with Crippen LogP contribution >= 0.6 is 0 Å². The maximum absolute atomic E-state index is 13.8. The van der Waals surface area contributed by atoms with E-state index < -0.39 is 22.5 Å². The van der Waals surface area contributed by atoms with E-state index in [9.17, 15) is 18.0 Å². The molecule has 0 atom stereocenters. The van der Waals surface area contributed by atoms with Crippen molar-refractivity contribution in [3.05, 3.63) is 113 Å². The van der Waals surface area contributed by atoms with E-state index in [-0.39, 0.29) is 21.8 Å². The number of benzene rings is 4. The highest BCUT2D eigenvalue weighted by molar-refractivity contribution is 7.92. The molecular formula is C34H36N2O6S. The molecule has 0 heterocycles. The molecule has 1 amide bonds. The van der Waals surface area contributed by atoms with Crippen LogP contribution < -0.4 is 19.1 Å². The summed E-state index contributed by atoms with van der Waals surface area (Å²) in [6.07, 6.45) is 0. The van der Waals surface area contributed by atoms with Crippen molar-refractivity contribution in [2.75, 3.05) is 30.4 Å². The Morgan fingerprint density at radius 2 is 1.44 bits per heavy atom. The summed E-state index contributed by atoms with van der Waals surface area (Å²) in [5.74, 6) is -0.0563. The van der Waals surface area contributed by atoms with Gasteiger partial charge in [0.05, 0.1) is 24.8 Å². The van der Waals surface area contributed by atoms with Gasteiger partial charge in [0.2, 0.25) is 5.91 Å². The fraction of sp³-hybridized carbons (Fsp3) is 0.235. The lowest BCUT2D eigenvalue weighted by Gasteiger charge is -2.25. The summed E-state index contributed by atoms with van der Waals surface area (Å²) < 4.78 is 39.3. The molecule has 4 aromatic carbocycles. The molecule has 0 aliphatic rings. The first-order valence-electron chi connectivity index (χ1n) is 13.7. The molecule has 43 heavy (non-hydrogen) atoms. The number of nitrogens with one attached hydrogen (secondary N) is 1. The average Bonchev–Trinajstić information content (AvgIpc) is 2.99. The summed E-state index contributed by atoms with van der Waals surface area (Å²) in [4.78, 5) is 26.6. The van der Waals surface area contributed by atoms with Crippen molar-refractivity contribution >= 4 is 33.1 Å². The van der Waals surface area contributed by atoms with Gasteiger partial charge in [0.15, 0.2) is 17.3 Å². The zero-order valence-electron chi connectivity index (χ0n) is 25.2. The highest BCUT2D eigenvalue weighted by Crippen LogP contribution is 2.34. The number of ether oxygens (including phenoxy) is 2. The van der Waals surface area contributed by atoms with E-state index in [4.69, 9.17) is 9.47 Å². The molecule has 0 saturated carbocycles. The Hall–Kier alpha value is -4.63. The van der Waals surface area contributed by atoms with E-state index in [0.29, 0.717) is 28.3 Å². The number of amides is 1. The van der Waals surface area contributed by atoms with Gasteiger partial charge in [-0.05, 0) is 54.3 Å². The van der Waals surface area contributed by atoms with Gasteiger partial charge in [-0.2, -0.15) is 0 Å². The second-order valence-electron chi connectivity index (χ2n) is 11.1. The van der Waals surface area contributed by atoms with Crippen LogP contribution in [0.1, 0.15) is 47.8 Å². The third-order valence-electron chi connectivity index (χ3n) is 6.97. The number of nitrogens with zero attached hydrogens (tertiary/aromatic N) is 1. The van der Waals surface area contributed by atoms with Crippen LogP contribution in [0.15, 0.2) is 95.9 Å². The van der Waals surface area contributed by atoms with Crippen LogP contribution in [-0.2, 0) is 20.2 Å². The lowest BCUT2D eigenvalue weighted by molar-refractivity contribution is -0.114. The molecular weight excluding hydrogens is 564 g/mol. The Kier molecular flexibility index (Phi) is 9.25. The van der Waals surface area contributed by atoms with E-state index in [1.54, 1.807) is 60.7 Å². The van der Waals surface area contributed by atoms with Crippen LogP contribution in [0, 0.1) is 6.92 Å². The Balaban J connectivity index is 1.61. The largest absolute Gasteiger partial charge is 0.493 e. The predicted octanol–water partition coefficient (Wildman–Crippen LogP) is 6.37. The molecule has 1 N–H and O–H groups in total. The summed E-state index contributed by atoms with van der Waals surface area (Å²) in [5, 5.41) is 2.75. The molecule has 0 spiro atoms. The Bertz CT molecular complexity index is 1720. The summed E-state index contributed by atoms with van der Waals surface area (Å²) in [6.45, 7) is 7.64. The molecule has 4 aromatic rings. The summed E-state index contributed by atoms with van der Waals surface area (Å²) >= 11 is 0. The monoisotopic (exact) mass is 600 g/mol. The van der Waals surface area contributed by atoms with Crippen LogP contribution in [0.2, 0.25) is 0 Å². The predicted molar refractivity (Wildman–Crippen MR) is 169 cm³/mol. The van der Waals surface area contributed by atoms with Crippen molar-refractivity contribution in [3.8, 4) is 11.5 Å². The van der Waals surface area contributed by atoms with E-state index in [0.717, 1.165) is 15.4 Å². The summed E-state index contributed by atoms with van der Waals surface area (Å²) in [5.41, 5.74) is 3.48. The smallest absolute Gasteiger partial charge is 0.264 e. The maximum Gasteiger partial charge on any atom is 0.264 e. The van der Waals surface area contributed by atoms with Crippen LogP contribution in [0.25, 0.3) is 0 Å². The quantitative estimate of drug-likeness (QED) is 0.212. The number of anilines is 2. The third kappa shape index (κ3) is 7.24. The number of hydrogen-bond donors (Lipinski definition) is 1. The highest BCUT2D eigenvalue weighted by Gasteiger charge is 2.28. The summed E-state index contributed by atoms with van der Waals surface area (Å²) in [7, 11) is -1.23. The number of ketones is 1. The minimum absolute atomic E-state index is 0.0331. The van der Waals surface area contributed by atoms with Crippen LogP contribution in [0.5, 0.6) is 11.5 Å². The van der Waals surface area contributed by atoms with Crippen molar-refractivity contribution in [1.29, 1.82) is 0 Å². The number of rotatable bonds is 10. The van der Waals surface area contributed by atoms with Gasteiger partial charge in [0, 0.05) is 22.9 Å². The zero-order chi connectivity index (χ0) is 31.4. The van der Waals surface area contributed by atoms with Crippen molar-refractivity contribution in [2.24, 2.45) is 0 Å². The minimum atomic E-state index is -4.15. The molecule has 4 rings (SSSR count). The van der Waals surface area contributed by atoms with Gasteiger partial charge in [-0.25, -0.2) is 8.42 Å². The normalized spacial score (nSPS) is 11.5. The van der Waals surface area contributed by atoms with Gasteiger partial charge in [-0.1, -0.05) is 74.9 Å². The van der Waals surface area contributed by atoms with Gasteiger partial charge < -0.3 is 14.8 Å². The van der Waals surface area contributed by atoms with Crippen LogP contribution in [0.4, 0.5) is 11.4 Å². The fourth-order valence-corrected chi connectivity index (χ4v) is 5.90. The molecule has 0 radical (unpaired) electrons. The number of carbonyl (C=O) groups excluding carboxylic acids is 2. The lowest BCUT2D eigenvalue weighted by atomic mass is 9.86. The Labute approximate surface area is 253 Å². The number of carbonyl (C=O) groups is 2. The molecule has 0 unspecified atom stereocenters.